The van der Waals surface area contributed by atoms with Crippen molar-refractivity contribution in [3.05, 3.63) is 71.8 Å². The maximum atomic E-state index is 3.93. The van der Waals surface area contributed by atoms with Crippen LogP contribution in [0, 0.1) is 0 Å². The molecule has 0 saturated carbocycles. The maximum absolute atomic E-state index is 3.93. The van der Waals surface area contributed by atoms with E-state index in [9.17, 15) is 0 Å². The van der Waals surface area contributed by atoms with Gasteiger partial charge in [-0.3, -0.25) is 0 Å². The molecule has 0 heterocycles. The van der Waals surface area contributed by atoms with E-state index in [1.54, 1.807) is 0 Å². The molecule has 0 bridgehead atoms. The van der Waals surface area contributed by atoms with Crippen LogP contribution in [0.3, 0.4) is 0 Å². The summed E-state index contributed by atoms with van der Waals surface area (Å²) in [6, 6.07) is 21.5. The molecule has 2 rings (SSSR count). The zero-order valence-corrected chi connectivity index (χ0v) is 17.2. The fraction of sp³-hybridized carbons (Fsp3) is 0.455. The van der Waals surface area contributed by atoms with E-state index in [4.69, 9.17) is 0 Å². The second-order valence-corrected chi connectivity index (χ2v) is 7.03. The van der Waals surface area contributed by atoms with Crippen LogP contribution in [-0.4, -0.2) is 0 Å². The fourth-order valence-corrected chi connectivity index (χ4v) is 3.24. The molecule has 0 aromatic heterocycles. The third-order valence-corrected chi connectivity index (χ3v) is 4.55. The molecular weight excluding hydrogens is 344 g/mol. The Morgan fingerprint density at radius 3 is 1.70 bits per heavy atom. The summed E-state index contributed by atoms with van der Waals surface area (Å²) in [6.07, 6.45) is 2.27. The predicted molar refractivity (Wildman–Crippen MR) is 110 cm³/mol. The average molecular weight is 377 g/mol. The summed E-state index contributed by atoms with van der Waals surface area (Å²) in [5, 5.41) is 0. The molecule has 128 valence electrons. The second kappa shape index (κ2) is 12.4. The number of hydrogen-bond acceptors (Lipinski definition) is 0. The van der Waals surface area contributed by atoms with Gasteiger partial charge < -0.3 is 0 Å². The average Bonchev–Trinajstić information content (AvgIpc) is 2.64. The highest BCUT2D eigenvalue weighted by atomic mass is 79.9. The first-order valence-corrected chi connectivity index (χ1v) is 9.72. The Balaban J connectivity index is 0.00000112. The SMILES string of the molecule is CC.CC.CCC(CC(C)(Br)c1ccccc1)c1ccccc1. The van der Waals surface area contributed by atoms with Gasteiger partial charge in [0.05, 0.1) is 0 Å². The molecule has 0 nitrogen and oxygen atoms in total. The van der Waals surface area contributed by atoms with Crippen LogP contribution in [0.25, 0.3) is 0 Å². The molecule has 23 heavy (non-hydrogen) atoms. The Labute approximate surface area is 152 Å². The van der Waals surface area contributed by atoms with Gasteiger partial charge in [-0.1, -0.05) is 111 Å². The van der Waals surface area contributed by atoms with Crippen LogP contribution >= 0.6 is 15.9 Å². The minimum absolute atomic E-state index is 0.0325. The quantitative estimate of drug-likeness (QED) is 0.464. The first-order valence-electron chi connectivity index (χ1n) is 8.93. The van der Waals surface area contributed by atoms with Gasteiger partial charge in [-0.25, -0.2) is 0 Å². The van der Waals surface area contributed by atoms with E-state index in [0.717, 1.165) is 12.8 Å². The van der Waals surface area contributed by atoms with Crippen molar-refractivity contribution in [3.8, 4) is 0 Å². The molecule has 0 fully saturated rings. The van der Waals surface area contributed by atoms with Gasteiger partial charge in [-0.2, -0.15) is 0 Å². The topological polar surface area (TPSA) is 0 Å². The molecule has 0 aliphatic heterocycles. The van der Waals surface area contributed by atoms with E-state index in [1.165, 1.54) is 11.1 Å². The predicted octanol–water partition coefficient (Wildman–Crippen LogP) is 7.93. The highest BCUT2D eigenvalue weighted by Gasteiger charge is 2.27. The summed E-state index contributed by atoms with van der Waals surface area (Å²) in [5.41, 5.74) is 2.79. The van der Waals surface area contributed by atoms with Crippen LogP contribution in [-0.2, 0) is 4.32 Å². The number of benzene rings is 2. The Morgan fingerprint density at radius 2 is 1.26 bits per heavy atom. The number of halogens is 1. The standard InChI is InChI=1S/C18H21Br.2C2H6/c1-3-15(16-10-6-4-7-11-16)14-18(2,19)17-12-8-5-9-13-17;2*1-2/h4-13,15H,3,14H2,1-2H3;2*1-2H3. The van der Waals surface area contributed by atoms with E-state index in [1.807, 2.05) is 27.7 Å². The first kappa shape index (κ1) is 21.9. The number of hydrogen-bond donors (Lipinski definition) is 0. The Kier molecular flexibility index (Phi) is 11.8. The van der Waals surface area contributed by atoms with E-state index in [0.29, 0.717) is 5.92 Å². The van der Waals surface area contributed by atoms with Crippen LogP contribution in [0.4, 0.5) is 0 Å². The van der Waals surface area contributed by atoms with Crippen molar-refractivity contribution in [2.45, 2.75) is 64.6 Å². The second-order valence-electron chi connectivity index (χ2n) is 5.28. The lowest BCUT2D eigenvalue weighted by molar-refractivity contribution is 0.519. The van der Waals surface area contributed by atoms with E-state index >= 15 is 0 Å². The minimum Gasteiger partial charge on any atom is -0.0804 e. The van der Waals surface area contributed by atoms with Crippen molar-refractivity contribution in [2.24, 2.45) is 0 Å². The zero-order valence-electron chi connectivity index (χ0n) is 15.6. The smallest absolute Gasteiger partial charge is 0.0483 e. The van der Waals surface area contributed by atoms with Crippen molar-refractivity contribution in [1.82, 2.24) is 0 Å². The van der Waals surface area contributed by atoms with Crippen LogP contribution < -0.4 is 0 Å². The van der Waals surface area contributed by atoms with Crippen LogP contribution in [0.5, 0.6) is 0 Å². The van der Waals surface area contributed by atoms with Gasteiger partial charge in [0.1, 0.15) is 0 Å². The van der Waals surface area contributed by atoms with Gasteiger partial charge >= 0.3 is 0 Å². The Morgan fingerprint density at radius 1 is 0.826 bits per heavy atom. The van der Waals surface area contributed by atoms with Gasteiger partial charge in [-0.05, 0) is 36.8 Å². The molecule has 2 aromatic rings. The number of rotatable bonds is 5. The maximum Gasteiger partial charge on any atom is 0.0483 e. The third kappa shape index (κ3) is 7.35. The molecule has 0 radical (unpaired) electrons. The van der Waals surface area contributed by atoms with Crippen molar-refractivity contribution >= 4 is 15.9 Å². The van der Waals surface area contributed by atoms with Gasteiger partial charge in [0.25, 0.3) is 0 Å². The van der Waals surface area contributed by atoms with Crippen molar-refractivity contribution in [3.63, 3.8) is 0 Å². The molecule has 0 amide bonds. The molecular formula is C22H33Br. The first-order chi connectivity index (χ1) is 11.1. The Bertz CT molecular complexity index is 488. The van der Waals surface area contributed by atoms with E-state index in [2.05, 4.69) is 90.4 Å². The van der Waals surface area contributed by atoms with Crippen molar-refractivity contribution < 1.29 is 0 Å². The monoisotopic (exact) mass is 376 g/mol. The van der Waals surface area contributed by atoms with Crippen molar-refractivity contribution in [2.75, 3.05) is 0 Å². The van der Waals surface area contributed by atoms with E-state index < -0.39 is 0 Å². The van der Waals surface area contributed by atoms with E-state index in [-0.39, 0.29) is 4.32 Å². The molecule has 0 saturated heterocycles. The Hall–Kier alpha value is -1.08. The summed E-state index contributed by atoms with van der Waals surface area (Å²) >= 11 is 3.93. The van der Waals surface area contributed by atoms with Gasteiger partial charge in [0.15, 0.2) is 0 Å². The normalized spacial score (nSPS) is 13.5. The zero-order chi connectivity index (χ0) is 17.7. The van der Waals surface area contributed by atoms with Crippen LogP contribution in [0.15, 0.2) is 60.7 Å². The molecule has 0 aliphatic rings. The molecule has 2 unspecified atom stereocenters. The van der Waals surface area contributed by atoms with Gasteiger partial charge in [0.2, 0.25) is 0 Å². The molecule has 0 aliphatic carbocycles. The third-order valence-electron chi connectivity index (χ3n) is 3.77. The van der Waals surface area contributed by atoms with Gasteiger partial charge in [0, 0.05) is 4.32 Å². The summed E-state index contributed by atoms with van der Waals surface area (Å²) in [7, 11) is 0. The summed E-state index contributed by atoms with van der Waals surface area (Å²) in [6.45, 7) is 12.5. The minimum atomic E-state index is 0.0325. The largest absolute Gasteiger partial charge is 0.0804 e. The van der Waals surface area contributed by atoms with Crippen LogP contribution in [0.2, 0.25) is 0 Å². The van der Waals surface area contributed by atoms with Gasteiger partial charge in [-0.15, -0.1) is 0 Å². The van der Waals surface area contributed by atoms with Crippen molar-refractivity contribution in [1.29, 1.82) is 0 Å². The number of alkyl halides is 1. The lowest BCUT2D eigenvalue weighted by atomic mass is 9.84. The summed E-state index contributed by atoms with van der Waals surface area (Å²) < 4.78 is 0.0325. The molecule has 2 atom stereocenters. The molecule has 0 N–H and O–H groups in total. The fourth-order valence-electron chi connectivity index (χ4n) is 2.59. The lowest BCUT2D eigenvalue weighted by Crippen LogP contribution is -2.17. The summed E-state index contributed by atoms with van der Waals surface area (Å²) in [4.78, 5) is 0. The van der Waals surface area contributed by atoms with Crippen LogP contribution in [0.1, 0.15) is 71.4 Å². The summed E-state index contributed by atoms with van der Waals surface area (Å²) in [5.74, 6) is 0.589. The molecule has 0 spiro atoms. The molecule has 1 heteroatoms. The molecule has 2 aromatic carbocycles. The highest BCUT2D eigenvalue weighted by Crippen LogP contribution is 2.41. The lowest BCUT2D eigenvalue weighted by Gasteiger charge is -2.28. The highest BCUT2D eigenvalue weighted by molar-refractivity contribution is 9.09.